The van der Waals surface area contributed by atoms with Gasteiger partial charge in [0.05, 0.1) is 5.52 Å². The SMILES string of the molecule is CC(C)(C)OC(=O)Nc1cc(N2CCN(C(=O)Nc3ccc(F)cc3)CC2)c2ccc(Cl)cc2n1. The van der Waals surface area contributed by atoms with E-state index in [1.54, 1.807) is 43.9 Å². The molecule has 0 radical (unpaired) electrons. The van der Waals surface area contributed by atoms with Crippen LogP contribution < -0.4 is 15.5 Å². The fraction of sp³-hybridized carbons (Fsp3) is 0.320. The summed E-state index contributed by atoms with van der Waals surface area (Å²) in [6.07, 6.45) is -0.598. The number of urea groups is 1. The fourth-order valence-corrected chi connectivity index (χ4v) is 3.97. The van der Waals surface area contributed by atoms with Crippen molar-refractivity contribution in [2.45, 2.75) is 26.4 Å². The van der Waals surface area contributed by atoms with E-state index in [-0.39, 0.29) is 11.8 Å². The van der Waals surface area contributed by atoms with Crippen LogP contribution in [0.15, 0.2) is 48.5 Å². The zero-order valence-corrected chi connectivity index (χ0v) is 20.5. The largest absolute Gasteiger partial charge is 0.444 e. The summed E-state index contributed by atoms with van der Waals surface area (Å²) in [5, 5.41) is 6.92. The van der Waals surface area contributed by atoms with E-state index in [4.69, 9.17) is 16.3 Å². The van der Waals surface area contributed by atoms with Crippen molar-refractivity contribution in [1.82, 2.24) is 9.88 Å². The van der Waals surface area contributed by atoms with E-state index in [0.717, 1.165) is 11.1 Å². The zero-order valence-electron chi connectivity index (χ0n) is 19.8. The molecular weight excluding hydrogens is 473 g/mol. The van der Waals surface area contributed by atoms with E-state index >= 15 is 0 Å². The number of benzene rings is 2. The first-order valence-electron chi connectivity index (χ1n) is 11.2. The van der Waals surface area contributed by atoms with Gasteiger partial charge in [-0.3, -0.25) is 5.32 Å². The van der Waals surface area contributed by atoms with Crippen molar-refractivity contribution in [3.05, 3.63) is 59.4 Å². The third-order valence-electron chi connectivity index (χ3n) is 5.38. The lowest BCUT2D eigenvalue weighted by molar-refractivity contribution is 0.0635. The molecule has 184 valence electrons. The lowest BCUT2D eigenvalue weighted by Gasteiger charge is -2.36. The summed E-state index contributed by atoms with van der Waals surface area (Å²) in [5.74, 6) is -0.0106. The predicted molar refractivity (Wildman–Crippen MR) is 136 cm³/mol. The summed E-state index contributed by atoms with van der Waals surface area (Å²) in [4.78, 5) is 33.4. The molecule has 2 heterocycles. The highest BCUT2D eigenvalue weighted by atomic mass is 35.5. The number of anilines is 3. The molecule has 3 amide bonds. The number of halogens is 2. The first-order chi connectivity index (χ1) is 16.6. The predicted octanol–water partition coefficient (Wildman–Crippen LogP) is 5.73. The molecule has 1 aromatic heterocycles. The Morgan fingerprint density at radius 3 is 2.34 bits per heavy atom. The standard InChI is InChI=1S/C25H27ClFN5O3/c1-25(2,3)35-24(34)30-22-15-21(19-9-4-16(26)14-20(19)29-22)31-10-12-32(13-11-31)23(33)28-18-7-5-17(27)6-8-18/h4-9,14-15H,10-13H2,1-3H3,(H,28,33)(H,29,30,34). The normalized spacial score (nSPS) is 14.1. The van der Waals surface area contributed by atoms with E-state index in [1.165, 1.54) is 24.3 Å². The number of hydrogen-bond acceptors (Lipinski definition) is 5. The van der Waals surface area contributed by atoms with Crippen molar-refractivity contribution in [3.63, 3.8) is 0 Å². The van der Waals surface area contributed by atoms with E-state index in [0.29, 0.717) is 48.2 Å². The minimum atomic E-state index is -0.641. The van der Waals surface area contributed by atoms with Crippen molar-refractivity contribution >= 4 is 51.8 Å². The Hall–Kier alpha value is -3.59. The maximum atomic E-state index is 13.1. The van der Waals surface area contributed by atoms with Gasteiger partial charge in [-0.1, -0.05) is 11.6 Å². The van der Waals surface area contributed by atoms with Crippen molar-refractivity contribution in [2.24, 2.45) is 0 Å². The molecule has 1 saturated heterocycles. The first-order valence-corrected chi connectivity index (χ1v) is 11.6. The molecule has 35 heavy (non-hydrogen) atoms. The topological polar surface area (TPSA) is 86.8 Å². The number of rotatable bonds is 3. The molecule has 2 aromatic carbocycles. The second-order valence-electron chi connectivity index (χ2n) is 9.23. The molecule has 0 spiro atoms. The van der Waals surface area contributed by atoms with E-state index in [9.17, 15) is 14.0 Å². The molecule has 0 saturated carbocycles. The quantitative estimate of drug-likeness (QED) is 0.480. The van der Waals surface area contributed by atoms with Gasteiger partial charge in [-0.05, 0) is 63.2 Å². The van der Waals surface area contributed by atoms with Crippen LogP contribution in [0.5, 0.6) is 0 Å². The molecule has 1 aliphatic rings. The molecule has 4 rings (SSSR count). The number of hydrogen-bond donors (Lipinski definition) is 2. The van der Waals surface area contributed by atoms with Crippen LogP contribution in [-0.4, -0.2) is 53.8 Å². The third kappa shape index (κ3) is 6.30. The second-order valence-corrected chi connectivity index (χ2v) is 9.66. The summed E-state index contributed by atoms with van der Waals surface area (Å²) in [6.45, 7) is 7.49. The summed E-state index contributed by atoms with van der Waals surface area (Å²) >= 11 is 6.19. The summed E-state index contributed by atoms with van der Waals surface area (Å²) in [7, 11) is 0. The van der Waals surface area contributed by atoms with Gasteiger partial charge in [0.1, 0.15) is 17.2 Å². The van der Waals surface area contributed by atoms with Gasteiger partial charge in [-0.2, -0.15) is 0 Å². The number of piperazine rings is 1. The van der Waals surface area contributed by atoms with Crippen molar-refractivity contribution in [1.29, 1.82) is 0 Å². The van der Waals surface area contributed by atoms with Crippen LogP contribution in [0.1, 0.15) is 20.8 Å². The zero-order chi connectivity index (χ0) is 25.2. The van der Waals surface area contributed by atoms with Gasteiger partial charge in [0, 0.05) is 54.0 Å². The van der Waals surface area contributed by atoms with E-state index in [1.807, 2.05) is 6.07 Å². The highest BCUT2D eigenvalue weighted by molar-refractivity contribution is 6.31. The van der Waals surface area contributed by atoms with Crippen LogP contribution in [0.2, 0.25) is 5.02 Å². The Labute approximate surface area is 208 Å². The number of carbonyl (C=O) groups is 2. The Morgan fingerprint density at radius 2 is 1.69 bits per heavy atom. The molecule has 1 aliphatic heterocycles. The number of ether oxygens (including phenoxy) is 1. The smallest absolute Gasteiger partial charge is 0.413 e. The van der Waals surface area contributed by atoms with Crippen LogP contribution in [0, 0.1) is 5.82 Å². The Morgan fingerprint density at radius 1 is 1.00 bits per heavy atom. The summed E-state index contributed by atoms with van der Waals surface area (Å²) in [5.41, 5.74) is 1.40. The molecule has 8 nitrogen and oxygen atoms in total. The number of carbonyl (C=O) groups excluding carboxylic acids is 2. The van der Waals surface area contributed by atoms with Gasteiger partial charge >= 0.3 is 12.1 Å². The average Bonchev–Trinajstić information content (AvgIpc) is 2.78. The summed E-state index contributed by atoms with van der Waals surface area (Å²) < 4.78 is 18.5. The molecular formula is C25H27ClFN5O3. The average molecular weight is 500 g/mol. The van der Waals surface area contributed by atoms with Crippen LogP contribution in [0.25, 0.3) is 10.9 Å². The van der Waals surface area contributed by atoms with Crippen LogP contribution in [0.4, 0.5) is 31.2 Å². The molecule has 10 heteroatoms. The number of nitrogens with zero attached hydrogens (tertiary/aromatic N) is 3. The minimum Gasteiger partial charge on any atom is -0.444 e. The lowest BCUT2D eigenvalue weighted by atomic mass is 10.1. The van der Waals surface area contributed by atoms with Crippen molar-refractivity contribution < 1.29 is 18.7 Å². The van der Waals surface area contributed by atoms with Gasteiger partial charge in [-0.25, -0.2) is 19.0 Å². The van der Waals surface area contributed by atoms with E-state index < -0.39 is 11.7 Å². The van der Waals surface area contributed by atoms with Crippen molar-refractivity contribution in [3.8, 4) is 0 Å². The third-order valence-corrected chi connectivity index (χ3v) is 5.62. The van der Waals surface area contributed by atoms with Gasteiger partial charge in [-0.15, -0.1) is 0 Å². The van der Waals surface area contributed by atoms with E-state index in [2.05, 4.69) is 20.5 Å². The van der Waals surface area contributed by atoms with Crippen molar-refractivity contribution in [2.75, 3.05) is 41.7 Å². The maximum Gasteiger partial charge on any atom is 0.413 e. The van der Waals surface area contributed by atoms with Crippen LogP contribution in [0.3, 0.4) is 0 Å². The first kappa shape index (κ1) is 24.5. The van der Waals surface area contributed by atoms with Crippen LogP contribution >= 0.6 is 11.6 Å². The van der Waals surface area contributed by atoms with Gasteiger partial charge < -0.3 is 19.9 Å². The molecule has 0 aliphatic carbocycles. The number of amides is 3. The van der Waals surface area contributed by atoms with Crippen LogP contribution in [-0.2, 0) is 4.74 Å². The number of pyridine rings is 1. The highest BCUT2D eigenvalue weighted by Crippen LogP contribution is 2.31. The maximum absolute atomic E-state index is 13.1. The lowest BCUT2D eigenvalue weighted by Crippen LogP contribution is -2.50. The van der Waals surface area contributed by atoms with Gasteiger partial charge in [0.2, 0.25) is 0 Å². The Bertz CT molecular complexity index is 1240. The fourth-order valence-electron chi connectivity index (χ4n) is 3.80. The minimum absolute atomic E-state index is 0.241. The number of fused-ring (bicyclic) bond motifs is 1. The molecule has 0 unspecified atom stereocenters. The van der Waals surface area contributed by atoms with Gasteiger partial charge in [0.15, 0.2) is 0 Å². The molecule has 3 aromatic rings. The second kappa shape index (κ2) is 9.95. The molecule has 0 bridgehead atoms. The number of nitrogens with one attached hydrogen (secondary N) is 2. The number of aromatic nitrogens is 1. The summed E-state index contributed by atoms with van der Waals surface area (Å²) in [6, 6.07) is 12.6. The molecule has 2 N–H and O–H groups in total. The Kier molecular flexibility index (Phi) is 6.98. The molecule has 1 fully saturated rings. The monoisotopic (exact) mass is 499 g/mol. The van der Waals surface area contributed by atoms with Gasteiger partial charge in [0.25, 0.3) is 0 Å². The highest BCUT2D eigenvalue weighted by Gasteiger charge is 2.24. The molecule has 0 atom stereocenters. The Balaban J connectivity index is 1.50.